The zero-order chi connectivity index (χ0) is 50.7. The molecule has 0 unspecified atom stereocenters. The average molecular weight is 951 g/mol. The number of hydrogen-bond acceptors (Lipinski definition) is 5. The summed E-state index contributed by atoms with van der Waals surface area (Å²) in [6.07, 6.45) is 0. The molecule has 0 radical (unpaired) electrons. The number of benzene rings is 4. The highest BCUT2D eigenvalue weighted by atomic mass is 31.2. The Morgan fingerprint density at radius 1 is 0.299 bits per heavy atom. The molecule has 2 aliphatic rings. The highest BCUT2D eigenvalue weighted by Gasteiger charge is 2.43. The van der Waals surface area contributed by atoms with Gasteiger partial charge in [0.1, 0.15) is 23.0 Å². The van der Waals surface area contributed by atoms with Crippen LogP contribution < -0.4 is 18.1 Å². The van der Waals surface area contributed by atoms with Crippen LogP contribution in [0.15, 0.2) is 48.5 Å². The van der Waals surface area contributed by atoms with E-state index in [1.165, 1.54) is 22.3 Å². The third kappa shape index (κ3) is 11.1. The molecule has 0 amide bonds. The highest BCUT2D eigenvalue weighted by Crippen LogP contribution is 2.64. The molecule has 0 fully saturated rings. The lowest BCUT2D eigenvalue weighted by molar-refractivity contribution is 0.324. The van der Waals surface area contributed by atoms with E-state index in [0.29, 0.717) is 0 Å². The van der Waals surface area contributed by atoms with E-state index in [4.69, 9.17) is 22.4 Å². The Labute approximate surface area is 411 Å². The fourth-order valence-corrected chi connectivity index (χ4v) is 11.5. The molecule has 67 heavy (non-hydrogen) atoms. The molecule has 2 aliphatic heterocycles. The van der Waals surface area contributed by atoms with E-state index in [0.717, 1.165) is 67.5 Å². The van der Waals surface area contributed by atoms with Crippen LogP contribution in [0.1, 0.15) is 259 Å². The summed E-state index contributed by atoms with van der Waals surface area (Å²) in [5, 5.41) is 0. The molecule has 0 N–H and O–H groups in total. The SMILES string of the molecule is CC1c2cc(C(C)(C)C)cc(C(C)(C)C)c2OP(OP2Oc3c(cc(C(C)(C)C)cc3C(C)(C)C)C(C)c3cc(C(C)(C)C)cc(C(C)(C)C)c3O2)Oc2c1cc(C(C)(C)C)cc2C(C)(C)C. The summed E-state index contributed by atoms with van der Waals surface area (Å²) in [7, 11) is -4.38. The topological polar surface area (TPSA) is 46.2 Å². The van der Waals surface area contributed by atoms with Crippen LogP contribution in [0.2, 0.25) is 0 Å². The first-order chi connectivity index (χ1) is 30.1. The van der Waals surface area contributed by atoms with Crippen molar-refractivity contribution in [2.45, 2.75) is 235 Å². The van der Waals surface area contributed by atoms with E-state index >= 15 is 0 Å². The van der Waals surface area contributed by atoms with Crippen molar-refractivity contribution in [3.05, 3.63) is 115 Å². The van der Waals surface area contributed by atoms with Gasteiger partial charge < -0.3 is 18.1 Å². The van der Waals surface area contributed by atoms with Crippen molar-refractivity contribution >= 4 is 17.2 Å². The maximum Gasteiger partial charge on any atom is 0.471 e. The van der Waals surface area contributed by atoms with Gasteiger partial charge in [-0.1, -0.05) is 229 Å². The van der Waals surface area contributed by atoms with Crippen LogP contribution in [0.4, 0.5) is 0 Å². The smallest absolute Gasteiger partial charge is 0.417 e. The number of fused-ring (bicyclic) bond motifs is 4. The maximum atomic E-state index is 7.43. The van der Waals surface area contributed by atoms with Gasteiger partial charge in [-0.05, 0) is 65.6 Å². The van der Waals surface area contributed by atoms with E-state index in [2.05, 4.69) is 229 Å². The van der Waals surface area contributed by atoms with E-state index < -0.39 is 17.2 Å². The summed E-state index contributed by atoms with van der Waals surface area (Å²) >= 11 is 0. The molecular weight excluding hydrogens is 863 g/mol. The van der Waals surface area contributed by atoms with E-state index in [1.807, 2.05) is 0 Å². The minimum Gasteiger partial charge on any atom is -0.417 e. The van der Waals surface area contributed by atoms with E-state index in [-0.39, 0.29) is 55.2 Å². The van der Waals surface area contributed by atoms with Crippen molar-refractivity contribution < 1.29 is 22.4 Å². The lowest BCUT2D eigenvalue weighted by Gasteiger charge is -2.38. The van der Waals surface area contributed by atoms with Crippen LogP contribution in [0, 0.1) is 0 Å². The van der Waals surface area contributed by atoms with E-state index in [1.54, 1.807) is 0 Å². The molecule has 0 saturated heterocycles. The predicted molar refractivity (Wildman–Crippen MR) is 288 cm³/mol. The Morgan fingerprint density at radius 3 is 0.627 bits per heavy atom. The summed E-state index contributed by atoms with van der Waals surface area (Å²) in [5.74, 6) is 3.16. The third-order valence-corrected chi connectivity index (χ3v) is 16.2. The van der Waals surface area contributed by atoms with Crippen LogP contribution in [0.5, 0.6) is 23.0 Å². The van der Waals surface area contributed by atoms with Crippen molar-refractivity contribution in [1.29, 1.82) is 0 Å². The van der Waals surface area contributed by atoms with Gasteiger partial charge in [-0.3, -0.25) is 0 Å². The molecular formula is C60H88O5P2. The first-order valence-electron chi connectivity index (χ1n) is 24.8. The monoisotopic (exact) mass is 951 g/mol. The van der Waals surface area contributed by atoms with Gasteiger partial charge in [0.25, 0.3) is 0 Å². The molecule has 0 atom stereocenters. The van der Waals surface area contributed by atoms with Crippen LogP contribution >= 0.6 is 17.2 Å². The van der Waals surface area contributed by atoms with Crippen LogP contribution in [0.25, 0.3) is 0 Å². The van der Waals surface area contributed by atoms with Gasteiger partial charge in [0.2, 0.25) is 0 Å². The summed E-state index contributed by atoms with van der Waals surface area (Å²) in [5.41, 5.74) is 12.7. The van der Waals surface area contributed by atoms with E-state index in [9.17, 15) is 0 Å². The van der Waals surface area contributed by atoms with Crippen molar-refractivity contribution in [1.82, 2.24) is 0 Å². The van der Waals surface area contributed by atoms with Gasteiger partial charge in [-0.15, -0.1) is 0 Å². The first-order valence-corrected chi connectivity index (χ1v) is 27.0. The second-order valence-corrected chi connectivity index (χ2v) is 30.4. The molecule has 0 aromatic heterocycles. The van der Waals surface area contributed by atoms with Crippen molar-refractivity contribution in [2.75, 3.05) is 0 Å². The second kappa shape index (κ2) is 17.3. The Bertz CT molecular complexity index is 2160. The van der Waals surface area contributed by atoms with Gasteiger partial charge in [-0.2, -0.15) is 4.31 Å². The Balaban J connectivity index is 1.71. The summed E-state index contributed by atoms with van der Waals surface area (Å²) in [6, 6.07) is 18.9. The average Bonchev–Trinajstić information content (AvgIpc) is 3.12. The molecule has 368 valence electrons. The lowest BCUT2D eigenvalue weighted by atomic mass is 9.74. The van der Waals surface area contributed by atoms with Gasteiger partial charge in [0.15, 0.2) is 0 Å². The lowest BCUT2D eigenvalue weighted by Crippen LogP contribution is -2.24. The standard InChI is InChI=1S/C60H88O5P2/c1-35-41-27-37(53(3,4)5)31-45(57(15,16)17)49(41)61-66(62-50-42(35)28-38(54(6,7)8)32-46(50)58(18,19)20)65-67-63-51-43(29-39(55(9,10)11)33-47(51)59(21,22)23)36(2)44-30-40(56(12,13)14)34-48(52(44)64-67)60(24,25)26/h27-36H,1-26H3. The Hall–Kier alpha value is -3.10. The van der Waals surface area contributed by atoms with Crippen molar-refractivity contribution in [3.63, 3.8) is 0 Å². The van der Waals surface area contributed by atoms with Gasteiger partial charge >= 0.3 is 17.2 Å². The molecule has 7 heteroatoms. The van der Waals surface area contributed by atoms with Crippen LogP contribution in [-0.2, 0) is 47.6 Å². The molecule has 0 spiro atoms. The molecule has 4 aromatic rings. The summed E-state index contributed by atoms with van der Waals surface area (Å²) in [6.45, 7) is 59.5. The van der Waals surface area contributed by atoms with Gasteiger partial charge in [0, 0.05) is 56.3 Å². The quantitative estimate of drug-likeness (QED) is 0.187. The molecule has 4 aromatic carbocycles. The molecule has 6 rings (SSSR count). The first kappa shape index (κ1) is 53.3. The van der Waals surface area contributed by atoms with Crippen LogP contribution in [-0.4, -0.2) is 0 Å². The number of rotatable bonds is 2. The zero-order valence-corrected chi connectivity index (χ0v) is 48.5. The molecule has 2 heterocycles. The fraction of sp³-hybridized carbons (Fsp3) is 0.600. The Morgan fingerprint density at radius 2 is 0.478 bits per heavy atom. The highest BCUT2D eigenvalue weighted by molar-refractivity contribution is 7.56. The fourth-order valence-electron chi connectivity index (χ4n) is 9.05. The maximum absolute atomic E-state index is 7.43. The predicted octanol–water partition coefficient (Wildman–Crippen LogP) is 19.1. The summed E-state index contributed by atoms with van der Waals surface area (Å²) < 4.78 is 37.1. The molecule has 0 aliphatic carbocycles. The normalized spacial score (nSPS) is 19.7. The third-order valence-electron chi connectivity index (χ3n) is 13.8. The molecule has 0 saturated carbocycles. The van der Waals surface area contributed by atoms with Gasteiger partial charge in [-0.25, -0.2) is 0 Å². The molecule has 0 bridgehead atoms. The Kier molecular flexibility index (Phi) is 13.8. The number of hydrogen-bond donors (Lipinski definition) is 0. The van der Waals surface area contributed by atoms with Gasteiger partial charge in [0.05, 0.1) is 0 Å². The molecule has 5 nitrogen and oxygen atoms in total. The summed E-state index contributed by atoms with van der Waals surface area (Å²) in [4.78, 5) is 0. The minimum absolute atomic E-state index is 0.0495. The van der Waals surface area contributed by atoms with Crippen LogP contribution in [0.3, 0.4) is 0 Å². The van der Waals surface area contributed by atoms with Crippen molar-refractivity contribution in [3.8, 4) is 23.0 Å². The minimum atomic E-state index is -2.19. The largest absolute Gasteiger partial charge is 0.471 e. The second-order valence-electron chi connectivity index (χ2n) is 28.1. The zero-order valence-electron chi connectivity index (χ0n) is 46.7. The van der Waals surface area contributed by atoms with Crippen molar-refractivity contribution in [2.24, 2.45) is 0 Å².